The molecule has 4 heteroatoms. The van der Waals surface area contributed by atoms with Gasteiger partial charge in [-0.1, -0.05) is 11.6 Å². The molecule has 1 unspecified atom stereocenters. The summed E-state index contributed by atoms with van der Waals surface area (Å²) in [5, 5.41) is 9.90. The van der Waals surface area contributed by atoms with Gasteiger partial charge in [-0.3, -0.25) is 4.79 Å². The Morgan fingerprint density at radius 3 is 2.94 bits per heavy atom. The van der Waals surface area contributed by atoms with Gasteiger partial charge in [-0.2, -0.15) is 0 Å². The van der Waals surface area contributed by atoms with Crippen LogP contribution in [0.4, 0.5) is 0 Å². The van der Waals surface area contributed by atoms with E-state index in [1.807, 2.05) is 18.2 Å². The number of rotatable bonds is 3. The Bertz CT molecular complexity index is 457. The number of carboxylic acids is 1. The summed E-state index contributed by atoms with van der Waals surface area (Å²) < 4.78 is 0. The van der Waals surface area contributed by atoms with Crippen LogP contribution in [0.25, 0.3) is 0 Å². The summed E-state index contributed by atoms with van der Waals surface area (Å²) in [7, 11) is 0. The van der Waals surface area contributed by atoms with Gasteiger partial charge in [0.05, 0.1) is 5.41 Å². The van der Waals surface area contributed by atoms with E-state index in [9.17, 15) is 9.90 Å². The molecule has 0 saturated heterocycles. The lowest BCUT2D eigenvalue weighted by molar-refractivity contribution is -0.147. The highest BCUT2D eigenvalue weighted by Gasteiger charge is 2.34. The third-order valence-electron chi connectivity index (χ3n) is 3.19. The molecule has 2 nitrogen and oxygen atoms in total. The van der Waals surface area contributed by atoms with Gasteiger partial charge in [-0.05, 0) is 49.9 Å². The number of hydrogen-bond donors (Lipinski definition) is 1. The maximum Gasteiger partial charge on any atom is 0.309 e. The van der Waals surface area contributed by atoms with Crippen LogP contribution in [-0.2, 0) is 4.79 Å². The minimum Gasteiger partial charge on any atom is -0.481 e. The van der Waals surface area contributed by atoms with Crippen molar-refractivity contribution in [1.29, 1.82) is 0 Å². The van der Waals surface area contributed by atoms with Crippen LogP contribution in [-0.4, -0.2) is 16.8 Å². The Morgan fingerprint density at radius 1 is 1.59 bits per heavy atom. The van der Waals surface area contributed by atoms with Gasteiger partial charge in [0.25, 0.3) is 0 Å². The SMILES string of the molecule is CC(C)(CC1CSc2ccc(Cl)cc21)C(=O)O. The Morgan fingerprint density at radius 2 is 2.29 bits per heavy atom. The standard InChI is InChI=1S/C13H15ClO2S/c1-13(2,12(15)16)6-8-7-17-11-4-3-9(14)5-10(8)11/h3-5,8H,6-7H2,1-2H3,(H,15,16). The normalized spacial score (nSPS) is 19.1. The summed E-state index contributed by atoms with van der Waals surface area (Å²) in [6.45, 7) is 3.56. The Balaban J connectivity index is 2.23. The van der Waals surface area contributed by atoms with Crippen LogP contribution in [0.1, 0.15) is 31.7 Å². The molecule has 0 aromatic heterocycles. The molecule has 0 spiro atoms. The number of aliphatic carboxylic acids is 1. The summed E-state index contributed by atoms with van der Waals surface area (Å²) >= 11 is 7.78. The van der Waals surface area contributed by atoms with E-state index in [-0.39, 0.29) is 0 Å². The fourth-order valence-electron chi connectivity index (χ4n) is 2.12. The van der Waals surface area contributed by atoms with Crippen LogP contribution >= 0.6 is 23.4 Å². The first-order valence-corrected chi connectivity index (χ1v) is 6.92. The number of thioether (sulfide) groups is 1. The van der Waals surface area contributed by atoms with Crippen LogP contribution in [0.15, 0.2) is 23.1 Å². The summed E-state index contributed by atoms with van der Waals surface area (Å²) in [5.74, 6) is 0.504. The molecule has 0 fully saturated rings. The van der Waals surface area contributed by atoms with Crippen LogP contribution in [0, 0.1) is 5.41 Å². The van der Waals surface area contributed by atoms with Gasteiger partial charge in [0.15, 0.2) is 0 Å². The molecule has 92 valence electrons. The maximum atomic E-state index is 11.2. The predicted octanol–water partition coefficient (Wildman–Crippen LogP) is 4.03. The van der Waals surface area contributed by atoms with E-state index >= 15 is 0 Å². The topological polar surface area (TPSA) is 37.3 Å². The monoisotopic (exact) mass is 270 g/mol. The molecule has 0 amide bonds. The van der Waals surface area contributed by atoms with E-state index in [0.717, 1.165) is 10.8 Å². The molecule has 1 heterocycles. The average Bonchev–Trinajstić information content (AvgIpc) is 2.60. The summed E-state index contributed by atoms with van der Waals surface area (Å²) in [4.78, 5) is 12.4. The smallest absolute Gasteiger partial charge is 0.309 e. The quantitative estimate of drug-likeness (QED) is 0.901. The molecule has 1 aliphatic heterocycles. The molecular formula is C13H15ClO2S. The largest absolute Gasteiger partial charge is 0.481 e. The van der Waals surface area contributed by atoms with Crippen molar-refractivity contribution in [2.75, 3.05) is 5.75 Å². The second-order valence-corrected chi connectivity index (χ2v) is 6.58. The molecular weight excluding hydrogens is 256 g/mol. The number of fused-ring (bicyclic) bond motifs is 1. The van der Waals surface area contributed by atoms with Crippen molar-refractivity contribution in [3.05, 3.63) is 28.8 Å². The second kappa shape index (κ2) is 4.54. The Hall–Kier alpha value is -0.670. The summed E-state index contributed by atoms with van der Waals surface area (Å²) in [6.07, 6.45) is 0.655. The zero-order chi connectivity index (χ0) is 12.6. The molecule has 0 bridgehead atoms. The highest BCUT2D eigenvalue weighted by Crippen LogP contribution is 2.45. The van der Waals surface area contributed by atoms with E-state index in [0.29, 0.717) is 12.3 Å². The van der Waals surface area contributed by atoms with Crippen LogP contribution < -0.4 is 0 Å². The lowest BCUT2D eigenvalue weighted by Crippen LogP contribution is -2.26. The first-order chi connectivity index (χ1) is 7.90. The fourth-order valence-corrected chi connectivity index (χ4v) is 3.54. The second-order valence-electron chi connectivity index (χ2n) is 5.08. The Kier molecular flexibility index (Phi) is 3.41. The highest BCUT2D eigenvalue weighted by molar-refractivity contribution is 7.99. The average molecular weight is 271 g/mol. The van der Waals surface area contributed by atoms with Gasteiger partial charge in [0.1, 0.15) is 0 Å². The van der Waals surface area contributed by atoms with Crippen molar-refractivity contribution in [2.24, 2.45) is 5.41 Å². The summed E-state index contributed by atoms with van der Waals surface area (Å²) in [6, 6.07) is 5.88. The lowest BCUT2D eigenvalue weighted by atomic mass is 9.81. The Labute approximate surface area is 110 Å². The van der Waals surface area contributed by atoms with E-state index in [4.69, 9.17) is 11.6 Å². The zero-order valence-electron chi connectivity index (χ0n) is 9.87. The van der Waals surface area contributed by atoms with E-state index in [1.165, 1.54) is 10.5 Å². The molecule has 17 heavy (non-hydrogen) atoms. The number of hydrogen-bond acceptors (Lipinski definition) is 2. The molecule has 0 saturated carbocycles. The zero-order valence-corrected chi connectivity index (χ0v) is 11.4. The molecule has 2 rings (SSSR count). The van der Waals surface area contributed by atoms with Crippen LogP contribution in [0.5, 0.6) is 0 Å². The van der Waals surface area contributed by atoms with E-state index < -0.39 is 11.4 Å². The van der Waals surface area contributed by atoms with Crippen molar-refractivity contribution < 1.29 is 9.90 Å². The number of carboxylic acid groups (broad SMARTS) is 1. The van der Waals surface area contributed by atoms with Crippen molar-refractivity contribution in [2.45, 2.75) is 31.1 Å². The third kappa shape index (κ3) is 2.61. The molecule has 1 aliphatic rings. The maximum absolute atomic E-state index is 11.2. The van der Waals surface area contributed by atoms with Crippen molar-refractivity contribution >= 4 is 29.3 Å². The van der Waals surface area contributed by atoms with Crippen LogP contribution in [0.3, 0.4) is 0 Å². The lowest BCUT2D eigenvalue weighted by Gasteiger charge is -2.23. The number of benzene rings is 1. The van der Waals surface area contributed by atoms with Crippen molar-refractivity contribution in [3.8, 4) is 0 Å². The first-order valence-electron chi connectivity index (χ1n) is 5.56. The van der Waals surface area contributed by atoms with Gasteiger partial charge in [-0.15, -0.1) is 11.8 Å². The molecule has 1 N–H and O–H groups in total. The van der Waals surface area contributed by atoms with E-state index in [2.05, 4.69) is 0 Å². The van der Waals surface area contributed by atoms with Gasteiger partial charge in [-0.25, -0.2) is 0 Å². The molecule has 1 atom stereocenters. The van der Waals surface area contributed by atoms with Crippen molar-refractivity contribution in [1.82, 2.24) is 0 Å². The number of halogens is 1. The molecule has 1 aromatic rings. The van der Waals surface area contributed by atoms with Gasteiger partial charge >= 0.3 is 5.97 Å². The van der Waals surface area contributed by atoms with E-state index in [1.54, 1.807) is 25.6 Å². The highest BCUT2D eigenvalue weighted by atomic mass is 35.5. The number of carbonyl (C=O) groups is 1. The third-order valence-corrected chi connectivity index (χ3v) is 4.67. The van der Waals surface area contributed by atoms with Crippen molar-refractivity contribution in [3.63, 3.8) is 0 Å². The predicted molar refractivity (Wildman–Crippen MR) is 71.0 cm³/mol. The summed E-state index contributed by atoms with van der Waals surface area (Å²) in [5.41, 5.74) is 0.520. The molecule has 0 aliphatic carbocycles. The fraction of sp³-hybridized carbons (Fsp3) is 0.462. The minimum atomic E-state index is -0.738. The minimum absolute atomic E-state index is 0.291. The van der Waals surface area contributed by atoms with Gasteiger partial charge < -0.3 is 5.11 Å². The first kappa shape index (κ1) is 12.8. The van der Waals surface area contributed by atoms with Crippen LogP contribution in [0.2, 0.25) is 5.02 Å². The van der Waals surface area contributed by atoms with Gasteiger partial charge in [0, 0.05) is 15.7 Å². The molecule has 1 aromatic carbocycles. The van der Waals surface area contributed by atoms with Gasteiger partial charge in [0.2, 0.25) is 0 Å². The molecule has 0 radical (unpaired) electrons.